The van der Waals surface area contributed by atoms with Crippen LogP contribution < -0.4 is 5.73 Å². The van der Waals surface area contributed by atoms with Crippen LogP contribution in [0.1, 0.15) is 24.5 Å². The first kappa shape index (κ1) is 12.7. The largest absolute Gasteiger partial charge is 0.438 e. The molecule has 0 aliphatic rings. The van der Waals surface area contributed by atoms with E-state index in [0.29, 0.717) is 18.2 Å². The molecule has 0 spiro atoms. The molecule has 2 N–H and O–H groups in total. The first-order valence-electron chi connectivity index (χ1n) is 6.54. The summed E-state index contributed by atoms with van der Waals surface area (Å²) in [7, 11) is 0. The predicted octanol–water partition coefficient (Wildman–Crippen LogP) is 3.69. The van der Waals surface area contributed by atoms with E-state index in [2.05, 4.69) is 4.98 Å². The van der Waals surface area contributed by atoms with Gasteiger partial charge in [-0.25, -0.2) is 4.98 Å². The lowest BCUT2D eigenvalue weighted by Crippen LogP contribution is -2.00. The zero-order valence-electron chi connectivity index (χ0n) is 11.2. The minimum absolute atomic E-state index is 0.00344. The first-order chi connectivity index (χ1) is 9.72. The minimum atomic E-state index is -0.00344. The van der Waals surface area contributed by atoms with E-state index in [1.54, 1.807) is 12.1 Å². The maximum absolute atomic E-state index is 5.79. The number of fused-ring (bicyclic) bond motifs is 1. The molecule has 1 unspecified atom stereocenters. The van der Waals surface area contributed by atoms with Gasteiger partial charge in [-0.3, -0.25) is 0 Å². The summed E-state index contributed by atoms with van der Waals surface area (Å²) in [6.07, 6.45) is -0.00344. The molecule has 3 aromatic rings. The molecule has 0 aliphatic carbocycles. The van der Waals surface area contributed by atoms with Gasteiger partial charge in [-0.1, -0.05) is 30.3 Å². The zero-order valence-corrected chi connectivity index (χ0v) is 11.2. The molecule has 0 radical (unpaired) electrons. The van der Waals surface area contributed by atoms with E-state index >= 15 is 0 Å². The van der Waals surface area contributed by atoms with Crippen LogP contribution in [0, 0.1) is 0 Å². The Labute approximate surface area is 117 Å². The van der Waals surface area contributed by atoms with Crippen molar-refractivity contribution in [3.8, 4) is 0 Å². The molecule has 1 aromatic heterocycles. The molecular formula is C16H16N2O2. The van der Waals surface area contributed by atoms with Crippen LogP contribution in [0.25, 0.3) is 11.1 Å². The van der Waals surface area contributed by atoms with Gasteiger partial charge in [0.15, 0.2) is 5.58 Å². The van der Waals surface area contributed by atoms with Crippen LogP contribution in [0.15, 0.2) is 52.9 Å². The number of benzene rings is 2. The van der Waals surface area contributed by atoms with Gasteiger partial charge < -0.3 is 14.9 Å². The molecule has 0 aliphatic heterocycles. The van der Waals surface area contributed by atoms with Crippen molar-refractivity contribution in [2.75, 3.05) is 5.73 Å². The van der Waals surface area contributed by atoms with Gasteiger partial charge in [-0.15, -0.1) is 0 Å². The summed E-state index contributed by atoms with van der Waals surface area (Å²) < 4.78 is 11.4. The molecule has 2 aromatic carbocycles. The lowest BCUT2D eigenvalue weighted by molar-refractivity contribution is 0.0401. The number of hydrogen-bond acceptors (Lipinski definition) is 4. The molecule has 20 heavy (non-hydrogen) atoms. The van der Waals surface area contributed by atoms with Gasteiger partial charge in [0.05, 0.1) is 6.10 Å². The summed E-state index contributed by atoms with van der Waals surface area (Å²) in [6, 6.07) is 15.5. The molecule has 0 saturated carbocycles. The van der Waals surface area contributed by atoms with Crippen LogP contribution in [0.3, 0.4) is 0 Å². The lowest BCUT2D eigenvalue weighted by atomic mass is 10.1. The number of nitrogens with zero attached hydrogens (tertiary/aromatic N) is 1. The summed E-state index contributed by atoms with van der Waals surface area (Å²) in [5.41, 5.74) is 9.01. The maximum atomic E-state index is 5.79. The number of aromatic nitrogens is 1. The number of oxazole rings is 1. The third-order valence-corrected chi connectivity index (χ3v) is 3.18. The molecular weight excluding hydrogens is 252 g/mol. The fourth-order valence-corrected chi connectivity index (χ4v) is 2.07. The van der Waals surface area contributed by atoms with Crippen molar-refractivity contribution in [1.82, 2.24) is 4.98 Å². The van der Waals surface area contributed by atoms with Crippen LogP contribution in [0.5, 0.6) is 0 Å². The highest BCUT2D eigenvalue weighted by Gasteiger charge is 2.09. The Morgan fingerprint density at radius 1 is 1.20 bits per heavy atom. The quantitative estimate of drug-likeness (QED) is 0.733. The van der Waals surface area contributed by atoms with E-state index < -0.39 is 0 Å². The topological polar surface area (TPSA) is 61.3 Å². The van der Waals surface area contributed by atoms with Crippen molar-refractivity contribution in [2.45, 2.75) is 19.6 Å². The monoisotopic (exact) mass is 268 g/mol. The van der Waals surface area contributed by atoms with E-state index in [9.17, 15) is 0 Å². The standard InChI is InChI=1S/C16H16N2O2/c1-11(12-5-3-2-4-6-12)19-10-16-18-14-9-13(17)7-8-15(14)20-16/h2-9,11H,10,17H2,1H3. The normalized spacial score (nSPS) is 12.7. The van der Waals surface area contributed by atoms with Gasteiger partial charge >= 0.3 is 0 Å². The van der Waals surface area contributed by atoms with E-state index in [1.807, 2.05) is 43.3 Å². The number of ether oxygens (including phenoxy) is 1. The molecule has 0 bridgehead atoms. The molecule has 3 rings (SSSR count). The molecule has 102 valence electrons. The summed E-state index contributed by atoms with van der Waals surface area (Å²) in [5, 5.41) is 0. The van der Waals surface area contributed by atoms with Gasteiger partial charge in [0.1, 0.15) is 12.1 Å². The number of hydrogen-bond donors (Lipinski definition) is 1. The Bertz CT molecular complexity index is 707. The van der Waals surface area contributed by atoms with Crippen LogP contribution in [0.2, 0.25) is 0 Å². The van der Waals surface area contributed by atoms with E-state index in [4.69, 9.17) is 14.9 Å². The third-order valence-electron chi connectivity index (χ3n) is 3.18. The number of anilines is 1. The van der Waals surface area contributed by atoms with Crippen LogP contribution in [0.4, 0.5) is 5.69 Å². The van der Waals surface area contributed by atoms with Crippen molar-refractivity contribution >= 4 is 16.8 Å². The van der Waals surface area contributed by atoms with Crippen molar-refractivity contribution < 1.29 is 9.15 Å². The van der Waals surface area contributed by atoms with Crippen LogP contribution in [-0.4, -0.2) is 4.98 Å². The third kappa shape index (κ3) is 2.65. The second kappa shape index (κ2) is 5.35. The number of nitrogen functional groups attached to an aromatic ring is 1. The highest BCUT2D eigenvalue weighted by Crippen LogP contribution is 2.21. The Hall–Kier alpha value is -2.33. The molecule has 4 heteroatoms. The molecule has 1 atom stereocenters. The zero-order chi connectivity index (χ0) is 13.9. The highest BCUT2D eigenvalue weighted by molar-refractivity contribution is 5.76. The highest BCUT2D eigenvalue weighted by atomic mass is 16.5. The number of rotatable bonds is 4. The SMILES string of the molecule is CC(OCc1nc2cc(N)ccc2o1)c1ccccc1. The summed E-state index contributed by atoms with van der Waals surface area (Å²) in [5.74, 6) is 0.563. The van der Waals surface area contributed by atoms with E-state index in [-0.39, 0.29) is 6.10 Å². The van der Waals surface area contributed by atoms with Gasteiger partial charge in [0, 0.05) is 5.69 Å². The average Bonchev–Trinajstić information content (AvgIpc) is 2.87. The molecule has 0 saturated heterocycles. The average molecular weight is 268 g/mol. The molecule has 1 heterocycles. The van der Waals surface area contributed by atoms with E-state index in [1.165, 1.54) is 0 Å². The van der Waals surface area contributed by atoms with Crippen molar-refractivity contribution in [2.24, 2.45) is 0 Å². The Morgan fingerprint density at radius 3 is 2.80 bits per heavy atom. The summed E-state index contributed by atoms with van der Waals surface area (Å²) >= 11 is 0. The molecule has 4 nitrogen and oxygen atoms in total. The van der Waals surface area contributed by atoms with Gasteiger partial charge in [-0.05, 0) is 30.7 Å². The van der Waals surface area contributed by atoms with Gasteiger partial charge in [0.2, 0.25) is 5.89 Å². The summed E-state index contributed by atoms with van der Waals surface area (Å²) in [6.45, 7) is 2.35. The van der Waals surface area contributed by atoms with Crippen LogP contribution in [-0.2, 0) is 11.3 Å². The van der Waals surface area contributed by atoms with Gasteiger partial charge in [0.25, 0.3) is 0 Å². The smallest absolute Gasteiger partial charge is 0.221 e. The Morgan fingerprint density at radius 2 is 2.00 bits per heavy atom. The van der Waals surface area contributed by atoms with Crippen LogP contribution >= 0.6 is 0 Å². The minimum Gasteiger partial charge on any atom is -0.438 e. The first-order valence-corrected chi connectivity index (χ1v) is 6.54. The maximum Gasteiger partial charge on any atom is 0.221 e. The summed E-state index contributed by atoms with van der Waals surface area (Å²) in [4.78, 5) is 4.37. The Balaban J connectivity index is 1.71. The predicted molar refractivity (Wildman–Crippen MR) is 78.1 cm³/mol. The second-order valence-corrected chi connectivity index (χ2v) is 4.70. The molecule has 0 fully saturated rings. The lowest BCUT2D eigenvalue weighted by Gasteiger charge is -2.11. The Kier molecular flexibility index (Phi) is 3.39. The van der Waals surface area contributed by atoms with Gasteiger partial charge in [-0.2, -0.15) is 0 Å². The van der Waals surface area contributed by atoms with E-state index in [0.717, 1.165) is 16.7 Å². The fourth-order valence-electron chi connectivity index (χ4n) is 2.07. The fraction of sp³-hybridized carbons (Fsp3) is 0.188. The van der Waals surface area contributed by atoms with Crippen molar-refractivity contribution in [3.05, 3.63) is 60.0 Å². The van der Waals surface area contributed by atoms with Crippen molar-refractivity contribution in [3.63, 3.8) is 0 Å². The number of nitrogens with two attached hydrogens (primary N) is 1. The van der Waals surface area contributed by atoms with Crippen molar-refractivity contribution in [1.29, 1.82) is 0 Å². The molecule has 0 amide bonds. The second-order valence-electron chi connectivity index (χ2n) is 4.70.